The maximum absolute atomic E-state index is 12.3. The molecule has 1 unspecified atom stereocenters. The summed E-state index contributed by atoms with van der Waals surface area (Å²) in [6, 6.07) is 2.71. The highest BCUT2D eigenvalue weighted by atomic mass is 32.2. The van der Waals surface area contributed by atoms with Crippen LogP contribution in [0, 0.1) is 11.3 Å². The van der Waals surface area contributed by atoms with Gasteiger partial charge < -0.3 is 21.3 Å². The second-order valence-electron chi connectivity index (χ2n) is 11.8. The van der Waals surface area contributed by atoms with E-state index in [0.717, 1.165) is 40.7 Å². The van der Waals surface area contributed by atoms with E-state index in [1.165, 1.54) is 69.5 Å². The van der Waals surface area contributed by atoms with Gasteiger partial charge in [0.05, 0.1) is 18.2 Å². The minimum Gasteiger partial charge on any atom is -0.354 e. The van der Waals surface area contributed by atoms with Crippen LogP contribution < -0.4 is 21.3 Å². The first-order valence-corrected chi connectivity index (χ1v) is 19.5. The zero-order chi connectivity index (χ0) is 31.3. The standard InChI is InChI=1S/C31H53N5O3S4/c1-3-4-5-6-7-8-9-10-11-14-21-41-30(40)43-31(2,23-32)18-17-27(38)34-20-19-33-26(37)16-13-12-15-25-28-24(22-42-25)35-29(39)36-28/h24-25,28H,3-22H2,1-2H3,(H,33,37)(H,34,38)(H2,35,36,39)/t24-,25-,28-,31?/m0/s1. The monoisotopic (exact) mass is 671 g/mol. The van der Waals surface area contributed by atoms with Crippen LogP contribution in [0.1, 0.15) is 117 Å². The molecule has 4 N–H and O–H groups in total. The fraction of sp³-hybridized carbons (Fsp3) is 0.839. The van der Waals surface area contributed by atoms with Crippen molar-refractivity contribution in [3.63, 3.8) is 0 Å². The number of hydrogen-bond donors (Lipinski definition) is 4. The van der Waals surface area contributed by atoms with Gasteiger partial charge in [-0.1, -0.05) is 95.1 Å². The van der Waals surface area contributed by atoms with Crippen LogP contribution in [-0.4, -0.2) is 68.0 Å². The molecule has 43 heavy (non-hydrogen) atoms. The zero-order valence-electron chi connectivity index (χ0n) is 26.2. The Kier molecular flexibility index (Phi) is 19.8. The van der Waals surface area contributed by atoms with E-state index in [2.05, 4.69) is 34.3 Å². The Labute approximate surface area is 277 Å². The van der Waals surface area contributed by atoms with Gasteiger partial charge in [-0.15, -0.1) is 11.8 Å². The molecule has 0 bridgehead atoms. The Hall–Kier alpha value is -1.16. The molecule has 244 valence electrons. The lowest BCUT2D eigenvalue weighted by Gasteiger charge is -2.20. The number of fused-ring (bicyclic) bond motifs is 1. The predicted octanol–water partition coefficient (Wildman–Crippen LogP) is 6.68. The third kappa shape index (κ3) is 16.6. The first-order valence-electron chi connectivity index (χ1n) is 16.3. The largest absolute Gasteiger partial charge is 0.354 e. The first-order chi connectivity index (χ1) is 20.8. The summed E-state index contributed by atoms with van der Waals surface area (Å²) in [7, 11) is 0. The van der Waals surface area contributed by atoms with Crippen LogP contribution in [0.2, 0.25) is 0 Å². The lowest BCUT2D eigenvalue weighted by molar-refractivity contribution is -0.123. The lowest BCUT2D eigenvalue weighted by atomic mass is 10.0. The van der Waals surface area contributed by atoms with Crippen molar-refractivity contribution in [2.45, 2.75) is 139 Å². The number of nitrogens with one attached hydrogen (secondary N) is 4. The van der Waals surface area contributed by atoms with Gasteiger partial charge in [0.2, 0.25) is 11.8 Å². The highest BCUT2D eigenvalue weighted by Crippen LogP contribution is 2.35. The molecule has 12 heteroatoms. The number of hydrogen-bond acceptors (Lipinski definition) is 8. The van der Waals surface area contributed by atoms with Gasteiger partial charge in [0, 0.05) is 36.9 Å². The summed E-state index contributed by atoms with van der Waals surface area (Å²) < 4.78 is 0.0437. The van der Waals surface area contributed by atoms with Crippen molar-refractivity contribution >= 4 is 68.9 Å². The van der Waals surface area contributed by atoms with E-state index in [9.17, 15) is 19.6 Å². The van der Waals surface area contributed by atoms with Crippen molar-refractivity contribution in [2.24, 2.45) is 0 Å². The van der Waals surface area contributed by atoms with Gasteiger partial charge >= 0.3 is 6.03 Å². The van der Waals surface area contributed by atoms with E-state index in [1.807, 2.05) is 18.7 Å². The van der Waals surface area contributed by atoms with Gasteiger partial charge in [0.15, 0.2) is 0 Å². The van der Waals surface area contributed by atoms with Crippen LogP contribution in [0.3, 0.4) is 0 Å². The Morgan fingerprint density at radius 2 is 1.60 bits per heavy atom. The second kappa shape index (κ2) is 22.4. The number of thioether (sulfide) groups is 3. The minimum absolute atomic E-state index is 0.0145. The topological polar surface area (TPSA) is 123 Å². The van der Waals surface area contributed by atoms with Crippen molar-refractivity contribution in [1.82, 2.24) is 21.3 Å². The molecular weight excluding hydrogens is 619 g/mol. The van der Waals surface area contributed by atoms with E-state index in [-0.39, 0.29) is 36.3 Å². The molecule has 4 amide bonds. The molecule has 0 aromatic carbocycles. The normalized spacial score (nSPS) is 20.4. The highest BCUT2D eigenvalue weighted by molar-refractivity contribution is 8.47. The minimum atomic E-state index is -0.731. The van der Waals surface area contributed by atoms with E-state index >= 15 is 0 Å². The molecule has 0 aromatic heterocycles. The Morgan fingerprint density at radius 1 is 0.977 bits per heavy atom. The highest BCUT2D eigenvalue weighted by Gasteiger charge is 2.42. The summed E-state index contributed by atoms with van der Waals surface area (Å²) in [6.07, 6.45) is 16.9. The third-order valence-corrected chi connectivity index (χ3v) is 12.3. The summed E-state index contributed by atoms with van der Waals surface area (Å²) in [6.45, 7) is 4.85. The molecule has 2 aliphatic heterocycles. The van der Waals surface area contributed by atoms with Crippen molar-refractivity contribution in [2.75, 3.05) is 24.6 Å². The van der Waals surface area contributed by atoms with Crippen LogP contribution in [0.5, 0.6) is 0 Å². The number of nitrogens with zero attached hydrogens (tertiary/aromatic N) is 1. The fourth-order valence-corrected chi connectivity index (χ4v) is 9.81. The smallest absolute Gasteiger partial charge is 0.315 e. The van der Waals surface area contributed by atoms with E-state index in [1.54, 1.807) is 11.8 Å². The van der Waals surface area contributed by atoms with Crippen molar-refractivity contribution < 1.29 is 14.4 Å². The summed E-state index contributed by atoms with van der Waals surface area (Å²) in [5, 5.41) is 21.8. The molecule has 4 atom stereocenters. The number of carbonyl (C=O) groups excluding carboxylic acids is 3. The molecule has 0 spiro atoms. The summed E-state index contributed by atoms with van der Waals surface area (Å²) in [4.78, 5) is 36.0. The molecule has 2 aliphatic rings. The number of amides is 4. The molecular formula is C31H53N5O3S4. The average molecular weight is 672 g/mol. The van der Waals surface area contributed by atoms with E-state index in [4.69, 9.17) is 12.2 Å². The van der Waals surface area contributed by atoms with Gasteiger partial charge in [0.1, 0.15) is 8.28 Å². The summed E-state index contributed by atoms with van der Waals surface area (Å²) in [5.41, 5.74) is 0. The van der Waals surface area contributed by atoms with Gasteiger partial charge in [-0.2, -0.15) is 17.0 Å². The van der Waals surface area contributed by atoms with Gasteiger partial charge in [0.25, 0.3) is 0 Å². The number of rotatable bonds is 23. The maximum atomic E-state index is 12.3. The molecule has 2 saturated heterocycles. The fourth-order valence-electron chi connectivity index (χ4n) is 5.29. The molecule has 0 aromatic rings. The number of thiocarbonyl (C=S) groups is 1. The number of carbonyl (C=O) groups is 3. The third-order valence-electron chi connectivity index (χ3n) is 7.94. The van der Waals surface area contributed by atoms with Gasteiger partial charge in [-0.25, -0.2) is 4.79 Å². The Morgan fingerprint density at radius 3 is 2.26 bits per heavy atom. The first kappa shape index (κ1) is 38.0. The molecule has 0 radical (unpaired) electrons. The van der Waals surface area contributed by atoms with E-state index in [0.29, 0.717) is 31.2 Å². The molecule has 8 nitrogen and oxygen atoms in total. The van der Waals surface area contributed by atoms with Crippen LogP contribution in [0.15, 0.2) is 0 Å². The van der Waals surface area contributed by atoms with Crippen LogP contribution in [0.25, 0.3) is 0 Å². The Bertz CT molecular complexity index is 918. The van der Waals surface area contributed by atoms with Gasteiger partial charge in [-0.3, -0.25) is 9.59 Å². The lowest BCUT2D eigenvalue weighted by Crippen LogP contribution is -2.36. The average Bonchev–Trinajstić information content (AvgIpc) is 3.54. The van der Waals surface area contributed by atoms with Crippen LogP contribution in [-0.2, 0) is 9.59 Å². The molecule has 2 fully saturated rings. The predicted molar refractivity (Wildman–Crippen MR) is 188 cm³/mol. The number of nitriles is 1. The van der Waals surface area contributed by atoms with Crippen LogP contribution in [0.4, 0.5) is 4.79 Å². The van der Waals surface area contributed by atoms with Crippen molar-refractivity contribution in [3.05, 3.63) is 0 Å². The van der Waals surface area contributed by atoms with E-state index < -0.39 is 4.75 Å². The summed E-state index contributed by atoms with van der Waals surface area (Å²) in [5.74, 6) is 1.79. The number of urea groups is 1. The van der Waals surface area contributed by atoms with Gasteiger partial charge in [-0.05, 0) is 38.4 Å². The molecule has 0 aliphatic carbocycles. The SMILES string of the molecule is CCCCCCCCCCCCSC(=S)SC(C)(C#N)CCC(=O)NCCNC(=O)CCCC[C@@H]1SC[C@@H]2NC(=O)N[C@@H]21. The van der Waals surface area contributed by atoms with Crippen molar-refractivity contribution in [1.29, 1.82) is 5.26 Å². The quantitative estimate of drug-likeness (QED) is 0.0539. The second-order valence-corrected chi connectivity index (χ2v) is 16.9. The van der Waals surface area contributed by atoms with Crippen LogP contribution >= 0.6 is 47.5 Å². The molecule has 0 saturated carbocycles. The molecule has 2 heterocycles. The molecule has 2 rings (SSSR count). The van der Waals surface area contributed by atoms with Crippen molar-refractivity contribution in [3.8, 4) is 6.07 Å². The number of unbranched alkanes of at least 4 members (excludes halogenated alkanes) is 10. The maximum Gasteiger partial charge on any atom is 0.315 e. The summed E-state index contributed by atoms with van der Waals surface area (Å²) >= 11 is 10.5. The zero-order valence-corrected chi connectivity index (χ0v) is 29.4. The Balaban J connectivity index is 1.44.